The van der Waals surface area contributed by atoms with Crippen molar-refractivity contribution < 1.29 is 24.9 Å². The first-order valence-corrected chi connectivity index (χ1v) is 6.17. The summed E-state index contributed by atoms with van der Waals surface area (Å²) in [6.45, 7) is 4.79. The monoisotopic (exact) mass is 261 g/mol. The van der Waals surface area contributed by atoms with Crippen LogP contribution >= 0.6 is 0 Å². The highest BCUT2D eigenvalue weighted by Gasteiger charge is 2.41. The number of aliphatic hydroxyl groups is 3. The second kappa shape index (κ2) is 5.97. The standard InChI is InChI=1S/C12H23NO5/c1-12(2,3)18-11(17)8-4-7(5-14)10(13-8)9(16)6-15/h7-10,13-16H,4-6H2,1-3H3/t7-,8+,9?,10+/m0/s1. The van der Waals surface area contributed by atoms with Crippen LogP contribution in [-0.2, 0) is 9.53 Å². The summed E-state index contributed by atoms with van der Waals surface area (Å²) < 4.78 is 5.25. The average molecular weight is 261 g/mol. The summed E-state index contributed by atoms with van der Waals surface area (Å²) in [6.07, 6.45) is -0.595. The fourth-order valence-electron chi connectivity index (χ4n) is 2.15. The van der Waals surface area contributed by atoms with E-state index < -0.39 is 36.4 Å². The first kappa shape index (κ1) is 15.4. The summed E-state index contributed by atoms with van der Waals surface area (Å²) in [5.41, 5.74) is -0.568. The van der Waals surface area contributed by atoms with E-state index in [1.807, 2.05) is 0 Å². The summed E-state index contributed by atoms with van der Waals surface area (Å²) in [5.74, 6) is -0.654. The molecule has 4 atom stereocenters. The Hall–Kier alpha value is -0.690. The Morgan fingerprint density at radius 3 is 2.50 bits per heavy atom. The van der Waals surface area contributed by atoms with Crippen LogP contribution in [-0.4, -0.2) is 58.3 Å². The molecule has 0 spiro atoms. The second-order valence-electron chi connectivity index (χ2n) is 5.71. The van der Waals surface area contributed by atoms with E-state index in [1.165, 1.54) is 0 Å². The Kier molecular flexibility index (Phi) is 5.10. The molecule has 106 valence electrons. The van der Waals surface area contributed by atoms with Crippen LogP contribution in [0.3, 0.4) is 0 Å². The predicted octanol–water partition coefficient (Wildman–Crippen LogP) is -0.980. The minimum absolute atomic E-state index is 0.145. The molecule has 1 saturated heterocycles. The highest BCUT2D eigenvalue weighted by atomic mass is 16.6. The molecule has 0 aromatic carbocycles. The Labute approximate surface area is 107 Å². The Bertz CT molecular complexity index is 289. The van der Waals surface area contributed by atoms with Crippen molar-refractivity contribution in [2.75, 3.05) is 13.2 Å². The van der Waals surface area contributed by atoms with Gasteiger partial charge in [0.1, 0.15) is 11.6 Å². The fourth-order valence-corrected chi connectivity index (χ4v) is 2.15. The highest BCUT2D eigenvalue weighted by Crippen LogP contribution is 2.24. The Morgan fingerprint density at radius 2 is 2.06 bits per heavy atom. The van der Waals surface area contributed by atoms with Gasteiger partial charge in [-0.25, -0.2) is 0 Å². The maximum Gasteiger partial charge on any atom is 0.323 e. The van der Waals surface area contributed by atoms with Gasteiger partial charge in [-0.15, -0.1) is 0 Å². The summed E-state index contributed by atoms with van der Waals surface area (Å²) in [7, 11) is 0. The molecule has 1 unspecified atom stereocenters. The lowest BCUT2D eigenvalue weighted by atomic mass is 9.96. The quantitative estimate of drug-likeness (QED) is 0.486. The molecular formula is C12H23NO5. The summed E-state index contributed by atoms with van der Waals surface area (Å²) in [5, 5.41) is 30.7. The van der Waals surface area contributed by atoms with Gasteiger partial charge in [-0.1, -0.05) is 0 Å². The van der Waals surface area contributed by atoms with Crippen LogP contribution in [0.25, 0.3) is 0 Å². The molecule has 0 aromatic rings. The van der Waals surface area contributed by atoms with Crippen molar-refractivity contribution in [3.8, 4) is 0 Å². The fraction of sp³-hybridized carbons (Fsp3) is 0.917. The number of nitrogens with one attached hydrogen (secondary N) is 1. The van der Waals surface area contributed by atoms with E-state index in [9.17, 15) is 15.0 Å². The van der Waals surface area contributed by atoms with Gasteiger partial charge >= 0.3 is 5.97 Å². The molecule has 4 N–H and O–H groups in total. The van der Waals surface area contributed by atoms with Gasteiger partial charge in [0.25, 0.3) is 0 Å². The number of carbonyl (C=O) groups is 1. The largest absolute Gasteiger partial charge is 0.459 e. The lowest BCUT2D eigenvalue weighted by Gasteiger charge is -2.23. The number of carbonyl (C=O) groups excluding carboxylic acids is 1. The van der Waals surface area contributed by atoms with Crippen molar-refractivity contribution in [2.24, 2.45) is 5.92 Å². The zero-order valence-corrected chi connectivity index (χ0v) is 11.1. The average Bonchev–Trinajstić information content (AvgIpc) is 2.69. The lowest BCUT2D eigenvalue weighted by Crippen LogP contribution is -2.46. The SMILES string of the molecule is CC(C)(C)OC(=O)[C@H]1C[C@@H](CO)[C@H](C(O)CO)N1. The third kappa shape index (κ3) is 3.91. The number of rotatable bonds is 4. The van der Waals surface area contributed by atoms with E-state index in [0.29, 0.717) is 6.42 Å². The first-order chi connectivity index (χ1) is 8.28. The van der Waals surface area contributed by atoms with E-state index in [0.717, 1.165) is 0 Å². The van der Waals surface area contributed by atoms with Crippen LogP contribution in [0.2, 0.25) is 0 Å². The van der Waals surface area contributed by atoms with Crippen LogP contribution in [0.4, 0.5) is 0 Å². The van der Waals surface area contributed by atoms with Gasteiger partial charge in [0, 0.05) is 18.6 Å². The second-order valence-corrected chi connectivity index (χ2v) is 5.71. The minimum Gasteiger partial charge on any atom is -0.459 e. The number of aliphatic hydroxyl groups excluding tert-OH is 3. The number of ether oxygens (including phenoxy) is 1. The van der Waals surface area contributed by atoms with E-state index in [-0.39, 0.29) is 12.5 Å². The molecule has 6 heteroatoms. The molecule has 1 aliphatic heterocycles. The van der Waals surface area contributed by atoms with E-state index in [1.54, 1.807) is 20.8 Å². The van der Waals surface area contributed by atoms with Gasteiger partial charge in [-0.05, 0) is 27.2 Å². The Morgan fingerprint density at radius 1 is 1.44 bits per heavy atom. The molecule has 0 aromatic heterocycles. The van der Waals surface area contributed by atoms with Crippen LogP contribution in [0, 0.1) is 5.92 Å². The van der Waals surface area contributed by atoms with E-state index in [4.69, 9.17) is 9.84 Å². The summed E-state index contributed by atoms with van der Waals surface area (Å²) in [4.78, 5) is 11.9. The number of esters is 1. The van der Waals surface area contributed by atoms with Crippen LogP contribution in [0.1, 0.15) is 27.2 Å². The molecule has 0 radical (unpaired) electrons. The molecule has 0 bridgehead atoms. The molecule has 0 saturated carbocycles. The number of hydrogen-bond acceptors (Lipinski definition) is 6. The molecular weight excluding hydrogens is 238 g/mol. The lowest BCUT2D eigenvalue weighted by molar-refractivity contribution is -0.157. The molecule has 18 heavy (non-hydrogen) atoms. The highest BCUT2D eigenvalue weighted by molar-refractivity contribution is 5.76. The first-order valence-electron chi connectivity index (χ1n) is 6.17. The van der Waals surface area contributed by atoms with Crippen molar-refractivity contribution in [3.63, 3.8) is 0 Å². The summed E-state index contributed by atoms with van der Waals surface area (Å²) >= 11 is 0. The van der Waals surface area contributed by atoms with Crippen molar-refractivity contribution in [1.29, 1.82) is 0 Å². The number of hydrogen-bond donors (Lipinski definition) is 4. The molecule has 0 aliphatic carbocycles. The maximum atomic E-state index is 11.9. The molecule has 1 heterocycles. The Balaban J connectivity index is 2.63. The van der Waals surface area contributed by atoms with Gasteiger partial charge < -0.3 is 20.1 Å². The predicted molar refractivity (Wildman–Crippen MR) is 64.8 cm³/mol. The van der Waals surface area contributed by atoms with Gasteiger partial charge in [-0.2, -0.15) is 0 Å². The molecule has 6 nitrogen and oxygen atoms in total. The van der Waals surface area contributed by atoms with Gasteiger partial charge in [0.15, 0.2) is 0 Å². The third-order valence-corrected chi connectivity index (χ3v) is 2.97. The minimum atomic E-state index is -0.991. The molecule has 1 aliphatic rings. The van der Waals surface area contributed by atoms with Crippen molar-refractivity contribution in [2.45, 2.75) is 51.0 Å². The van der Waals surface area contributed by atoms with Gasteiger partial charge in [-0.3, -0.25) is 10.1 Å². The molecule has 1 rings (SSSR count). The third-order valence-electron chi connectivity index (χ3n) is 2.97. The van der Waals surface area contributed by atoms with E-state index >= 15 is 0 Å². The zero-order valence-electron chi connectivity index (χ0n) is 11.1. The molecule has 1 fully saturated rings. The smallest absolute Gasteiger partial charge is 0.323 e. The van der Waals surface area contributed by atoms with E-state index in [2.05, 4.69) is 5.32 Å². The van der Waals surface area contributed by atoms with Crippen molar-refractivity contribution >= 4 is 5.97 Å². The normalized spacial score (nSPS) is 30.2. The van der Waals surface area contributed by atoms with Crippen molar-refractivity contribution in [1.82, 2.24) is 5.32 Å². The summed E-state index contributed by atoms with van der Waals surface area (Å²) in [6, 6.07) is -1.04. The van der Waals surface area contributed by atoms with Gasteiger partial charge in [0.05, 0.1) is 12.7 Å². The zero-order chi connectivity index (χ0) is 13.9. The van der Waals surface area contributed by atoms with Gasteiger partial charge in [0.2, 0.25) is 0 Å². The maximum absolute atomic E-state index is 11.9. The van der Waals surface area contributed by atoms with Crippen LogP contribution in [0.5, 0.6) is 0 Å². The van der Waals surface area contributed by atoms with Crippen molar-refractivity contribution in [3.05, 3.63) is 0 Å². The van der Waals surface area contributed by atoms with Crippen LogP contribution in [0.15, 0.2) is 0 Å². The topological polar surface area (TPSA) is 99.0 Å². The molecule has 0 amide bonds. The van der Waals surface area contributed by atoms with Crippen LogP contribution < -0.4 is 5.32 Å².